The van der Waals surface area contributed by atoms with Crippen molar-refractivity contribution >= 4 is 21.8 Å². The first-order valence-corrected chi connectivity index (χ1v) is 8.29. The maximum absolute atomic E-state index is 12.0. The van der Waals surface area contributed by atoms with Crippen LogP contribution in [0.1, 0.15) is 24.2 Å². The van der Waals surface area contributed by atoms with Gasteiger partial charge in [0.2, 0.25) is 0 Å². The molecule has 0 amide bonds. The molecule has 0 saturated carbocycles. The Morgan fingerprint density at radius 2 is 1.95 bits per heavy atom. The van der Waals surface area contributed by atoms with Crippen LogP contribution >= 0.6 is 11.6 Å². The van der Waals surface area contributed by atoms with E-state index in [2.05, 4.69) is 14.5 Å². The zero-order chi connectivity index (χ0) is 15.5. The number of nitrogens with zero attached hydrogens (tertiary/aromatic N) is 2. The van der Waals surface area contributed by atoms with E-state index >= 15 is 0 Å². The molecule has 1 aromatic heterocycles. The van der Waals surface area contributed by atoms with Crippen molar-refractivity contribution in [1.82, 2.24) is 19.2 Å². The fourth-order valence-corrected chi connectivity index (χ4v) is 3.08. The Labute approximate surface area is 129 Å². The summed E-state index contributed by atoms with van der Waals surface area (Å²) in [7, 11) is -1.83. The molecule has 21 heavy (non-hydrogen) atoms. The molecule has 1 atom stereocenters. The van der Waals surface area contributed by atoms with Gasteiger partial charge in [-0.15, -0.1) is 0 Å². The zero-order valence-electron chi connectivity index (χ0n) is 11.7. The molecule has 2 N–H and O–H groups in total. The van der Waals surface area contributed by atoms with Crippen LogP contribution < -0.4 is 9.44 Å². The number of hydrogen-bond acceptors (Lipinski definition) is 3. The van der Waals surface area contributed by atoms with Crippen LogP contribution in [0.25, 0.3) is 0 Å². The van der Waals surface area contributed by atoms with Gasteiger partial charge in [0, 0.05) is 24.8 Å². The molecule has 0 spiro atoms. The summed E-state index contributed by atoms with van der Waals surface area (Å²) in [4.78, 5) is 0. The first-order valence-electron chi connectivity index (χ1n) is 6.43. The van der Waals surface area contributed by atoms with Crippen LogP contribution in [0.4, 0.5) is 0 Å². The minimum Gasteiger partial charge on any atom is -0.275 e. The normalized spacial score (nSPS) is 13.3. The third-order valence-corrected chi connectivity index (χ3v) is 4.31. The summed E-state index contributed by atoms with van der Waals surface area (Å²) in [6, 6.07) is 8.18. The summed E-state index contributed by atoms with van der Waals surface area (Å²) in [6.07, 6.45) is 1.76. The molecule has 0 bridgehead atoms. The van der Waals surface area contributed by atoms with Crippen molar-refractivity contribution in [3.8, 4) is 0 Å². The minimum atomic E-state index is -3.61. The second kappa shape index (κ2) is 6.57. The lowest BCUT2D eigenvalue weighted by molar-refractivity contribution is 0.555. The van der Waals surface area contributed by atoms with Crippen molar-refractivity contribution in [2.24, 2.45) is 7.05 Å². The molecule has 8 heteroatoms. The topological polar surface area (TPSA) is 76.0 Å². The average Bonchev–Trinajstić information content (AvgIpc) is 2.84. The van der Waals surface area contributed by atoms with Crippen LogP contribution in [-0.4, -0.2) is 24.7 Å². The van der Waals surface area contributed by atoms with Crippen LogP contribution in [0.5, 0.6) is 0 Å². The summed E-state index contributed by atoms with van der Waals surface area (Å²) in [5, 5.41) is 4.87. The standard InChI is InChI=1S/C13H17ClN4O2S/c1-3-15-21(19,20)17-13(12-8-9-18(2)16-12)10-4-6-11(14)7-5-10/h4-9,13,15,17H,3H2,1-2H3. The Hall–Kier alpha value is -1.41. The highest BCUT2D eigenvalue weighted by Crippen LogP contribution is 2.22. The van der Waals surface area contributed by atoms with Gasteiger partial charge >= 0.3 is 0 Å². The van der Waals surface area contributed by atoms with Crippen molar-refractivity contribution in [3.05, 3.63) is 52.8 Å². The Morgan fingerprint density at radius 3 is 2.48 bits per heavy atom. The highest BCUT2D eigenvalue weighted by Gasteiger charge is 2.22. The SMILES string of the molecule is CCNS(=O)(=O)NC(c1ccc(Cl)cc1)c1ccn(C)n1. The molecule has 114 valence electrons. The van der Waals surface area contributed by atoms with Gasteiger partial charge in [0.05, 0.1) is 11.7 Å². The fourth-order valence-electron chi connectivity index (χ4n) is 1.93. The molecule has 0 aliphatic rings. The Kier molecular flexibility index (Phi) is 5.00. The van der Waals surface area contributed by atoms with E-state index in [1.165, 1.54) is 0 Å². The van der Waals surface area contributed by atoms with Crippen LogP contribution in [0.15, 0.2) is 36.5 Å². The number of aromatic nitrogens is 2. The lowest BCUT2D eigenvalue weighted by Crippen LogP contribution is -2.39. The molecule has 1 unspecified atom stereocenters. The van der Waals surface area contributed by atoms with Gasteiger partial charge in [-0.05, 0) is 23.8 Å². The number of hydrogen-bond donors (Lipinski definition) is 2. The number of rotatable bonds is 6. The summed E-state index contributed by atoms with van der Waals surface area (Å²) >= 11 is 5.88. The molecule has 2 aromatic rings. The van der Waals surface area contributed by atoms with Crippen molar-refractivity contribution < 1.29 is 8.42 Å². The number of halogens is 1. The third kappa shape index (κ3) is 4.28. The molecule has 1 heterocycles. The molecule has 1 aromatic carbocycles. The molecule has 0 saturated heterocycles. The van der Waals surface area contributed by atoms with Crippen LogP contribution in [0.2, 0.25) is 5.02 Å². The molecule has 0 fully saturated rings. The monoisotopic (exact) mass is 328 g/mol. The van der Waals surface area contributed by atoms with Crippen molar-refractivity contribution in [1.29, 1.82) is 0 Å². The third-order valence-electron chi connectivity index (χ3n) is 2.84. The Morgan fingerprint density at radius 1 is 1.29 bits per heavy atom. The van der Waals surface area contributed by atoms with Gasteiger partial charge in [-0.1, -0.05) is 30.7 Å². The Balaban J connectivity index is 2.37. The number of aryl methyl sites for hydroxylation is 1. The van der Waals surface area contributed by atoms with Gasteiger partial charge in [0.1, 0.15) is 0 Å². The lowest BCUT2D eigenvalue weighted by Gasteiger charge is -2.17. The molecule has 0 aliphatic heterocycles. The second-order valence-corrected chi connectivity index (χ2v) is 6.49. The van der Waals surface area contributed by atoms with Gasteiger partial charge < -0.3 is 0 Å². The largest absolute Gasteiger partial charge is 0.277 e. The minimum absolute atomic E-state index is 0.310. The number of nitrogens with one attached hydrogen (secondary N) is 2. The smallest absolute Gasteiger partial charge is 0.275 e. The maximum Gasteiger partial charge on any atom is 0.277 e. The van der Waals surface area contributed by atoms with E-state index in [-0.39, 0.29) is 0 Å². The number of benzene rings is 1. The predicted molar refractivity (Wildman–Crippen MR) is 82.2 cm³/mol. The molecular formula is C13H17ClN4O2S. The van der Waals surface area contributed by atoms with Crippen molar-refractivity contribution in [2.45, 2.75) is 13.0 Å². The molecule has 0 aliphatic carbocycles. The molecule has 6 nitrogen and oxygen atoms in total. The predicted octanol–water partition coefficient (Wildman–Crippen LogP) is 1.61. The Bertz CT molecular complexity index is 697. The van der Waals surface area contributed by atoms with Crippen LogP contribution in [0, 0.1) is 0 Å². The van der Waals surface area contributed by atoms with Gasteiger partial charge in [0.25, 0.3) is 10.2 Å². The van der Waals surface area contributed by atoms with Crippen LogP contribution in [-0.2, 0) is 17.3 Å². The van der Waals surface area contributed by atoms with Gasteiger partial charge in [-0.25, -0.2) is 4.72 Å². The quantitative estimate of drug-likeness (QED) is 0.845. The van der Waals surface area contributed by atoms with E-state index in [4.69, 9.17) is 11.6 Å². The average molecular weight is 329 g/mol. The van der Waals surface area contributed by atoms with Gasteiger partial charge in [-0.3, -0.25) is 4.68 Å². The highest BCUT2D eigenvalue weighted by atomic mass is 35.5. The lowest BCUT2D eigenvalue weighted by atomic mass is 10.1. The molecule has 0 radical (unpaired) electrons. The fraction of sp³-hybridized carbons (Fsp3) is 0.308. The van der Waals surface area contributed by atoms with E-state index < -0.39 is 16.3 Å². The van der Waals surface area contributed by atoms with Crippen molar-refractivity contribution in [3.63, 3.8) is 0 Å². The van der Waals surface area contributed by atoms with Gasteiger partial charge in [-0.2, -0.15) is 18.2 Å². The van der Waals surface area contributed by atoms with E-state index in [0.29, 0.717) is 17.3 Å². The van der Waals surface area contributed by atoms with E-state index in [1.807, 2.05) is 0 Å². The van der Waals surface area contributed by atoms with Gasteiger partial charge in [0.15, 0.2) is 0 Å². The first kappa shape index (κ1) is 16.0. The van der Waals surface area contributed by atoms with E-state index in [1.54, 1.807) is 55.2 Å². The van der Waals surface area contributed by atoms with E-state index in [0.717, 1.165) is 5.56 Å². The summed E-state index contributed by atoms with van der Waals surface area (Å²) in [5.41, 5.74) is 1.38. The first-order chi connectivity index (χ1) is 9.91. The second-order valence-electron chi connectivity index (χ2n) is 4.52. The maximum atomic E-state index is 12.0. The van der Waals surface area contributed by atoms with E-state index in [9.17, 15) is 8.42 Å². The summed E-state index contributed by atoms with van der Waals surface area (Å²) < 4.78 is 30.6. The van der Waals surface area contributed by atoms with Crippen molar-refractivity contribution in [2.75, 3.05) is 6.54 Å². The molecule has 2 rings (SSSR count). The molecular weight excluding hydrogens is 312 g/mol. The zero-order valence-corrected chi connectivity index (χ0v) is 13.3. The van der Waals surface area contributed by atoms with Crippen LogP contribution in [0.3, 0.4) is 0 Å². The highest BCUT2D eigenvalue weighted by molar-refractivity contribution is 7.87. The summed E-state index contributed by atoms with van der Waals surface area (Å²) in [5.74, 6) is 0. The summed E-state index contributed by atoms with van der Waals surface area (Å²) in [6.45, 7) is 2.03.